The number of aliphatic hydroxyl groups is 1. The number of nitrogens with zero attached hydrogens (tertiary/aromatic N) is 2. The summed E-state index contributed by atoms with van der Waals surface area (Å²) in [6, 6.07) is 3.85. The fourth-order valence-corrected chi connectivity index (χ4v) is 2.30. The van der Waals surface area contributed by atoms with Crippen LogP contribution in [-0.4, -0.2) is 61.8 Å². The molecule has 0 aliphatic carbocycles. The molecule has 6 heteroatoms. The van der Waals surface area contributed by atoms with Crippen molar-refractivity contribution in [2.24, 2.45) is 4.99 Å². The highest BCUT2D eigenvalue weighted by atomic mass is 16.3. The predicted octanol–water partition coefficient (Wildman–Crippen LogP) is 1.47. The Morgan fingerprint density at radius 1 is 1.35 bits per heavy atom. The molecule has 1 atom stereocenters. The Morgan fingerprint density at radius 3 is 2.70 bits per heavy atom. The number of rotatable bonds is 10. The molecule has 0 bridgehead atoms. The molecule has 1 rings (SSSR count). The smallest absolute Gasteiger partial charge is 0.191 e. The molecule has 23 heavy (non-hydrogen) atoms. The Bertz CT molecular complexity index is 441. The van der Waals surface area contributed by atoms with Crippen molar-refractivity contribution in [3.63, 3.8) is 0 Å². The maximum Gasteiger partial charge on any atom is 0.191 e. The Kier molecular flexibility index (Phi) is 8.73. The Balaban J connectivity index is 2.50. The first kappa shape index (κ1) is 19.5. The van der Waals surface area contributed by atoms with Crippen LogP contribution in [0, 0.1) is 0 Å². The van der Waals surface area contributed by atoms with E-state index in [0.717, 1.165) is 44.1 Å². The van der Waals surface area contributed by atoms with Crippen molar-refractivity contribution in [1.29, 1.82) is 0 Å². The van der Waals surface area contributed by atoms with Crippen LogP contribution in [-0.2, 0) is 6.42 Å². The highest BCUT2D eigenvalue weighted by molar-refractivity contribution is 5.79. The molecular formula is C17H32N4O2. The van der Waals surface area contributed by atoms with Crippen molar-refractivity contribution in [1.82, 2.24) is 15.5 Å². The lowest BCUT2D eigenvalue weighted by Gasteiger charge is -2.25. The standard InChI is InChI=1S/C17H32N4O2/c1-5-6-10-18-16(19-11-9-15-8-7-12-23-15)20-13-17(2,22)14-21(3)4/h7-8,12,22H,5-6,9-11,13-14H2,1-4H3,(H2,18,19,20). The number of aliphatic imine (C=N–C) groups is 1. The Labute approximate surface area is 140 Å². The van der Waals surface area contributed by atoms with Crippen molar-refractivity contribution >= 4 is 5.96 Å². The lowest BCUT2D eigenvalue weighted by atomic mass is 10.1. The van der Waals surface area contributed by atoms with Gasteiger partial charge in [0.2, 0.25) is 0 Å². The number of hydrogen-bond donors (Lipinski definition) is 3. The zero-order chi connectivity index (χ0) is 17.1. The fraction of sp³-hybridized carbons (Fsp3) is 0.706. The van der Waals surface area contributed by atoms with Crippen LogP contribution in [0.1, 0.15) is 32.4 Å². The minimum atomic E-state index is -0.843. The zero-order valence-electron chi connectivity index (χ0n) is 14.9. The maximum absolute atomic E-state index is 10.4. The van der Waals surface area contributed by atoms with Crippen LogP contribution in [0.4, 0.5) is 0 Å². The molecular weight excluding hydrogens is 292 g/mol. The molecule has 1 unspecified atom stereocenters. The van der Waals surface area contributed by atoms with Gasteiger partial charge in [0, 0.05) is 26.1 Å². The highest BCUT2D eigenvalue weighted by Gasteiger charge is 2.21. The maximum atomic E-state index is 10.4. The van der Waals surface area contributed by atoms with Crippen LogP contribution >= 0.6 is 0 Å². The van der Waals surface area contributed by atoms with Gasteiger partial charge >= 0.3 is 0 Å². The summed E-state index contributed by atoms with van der Waals surface area (Å²) < 4.78 is 5.33. The van der Waals surface area contributed by atoms with Crippen LogP contribution in [0.25, 0.3) is 0 Å². The van der Waals surface area contributed by atoms with E-state index in [-0.39, 0.29) is 0 Å². The van der Waals surface area contributed by atoms with Crippen molar-refractivity contribution in [3.8, 4) is 0 Å². The van der Waals surface area contributed by atoms with Crippen molar-refractivity contribution in [2.75, 3.05) is 40.3 Å². The van der Waals surface area contributed by atoms with Gasteiger partial charge in [-0.15, -0.1) is 0 Å². The van der Waals surface area contributed by atoms with Crippen LogP contribution < -0.4 is 10.6 Å². The lowest BCUT2D eigenvalue weighted by Crippen LogP contribution is -2.43. The molecule has 1 aromatic rings. The molecule has 0 fully saturated rings. The second kappa shape index (κ2) is 10.3. The summed E-state index contributed by atoms with van der Waals surface area (Å²) in [6.07, 6.45) is 4.70. The van der Waals surface area contributed by atoms with E-state index in [1.807, 2.05) is 38.1 Å². The normalized spacial score (nSPS) is 14.8. The summed E-state index contributed by atoms with van der Waals surface area (Å²) in [6.45, 7) is 6.51. The summed E-state index contributed by atoms with van der Waals surface area (Å²) in [5.74, 6) is 1.69. The molecule has 0 amide bonds. The van der Waals surface area contributed by atoms with Gasteiger partial charge in [0.15, 0.2) is 5.96 Å². The molecule has 3 N–H and O–H groups in total. The van der Waals surface area contributed by atoms with E-state index >= 15 is 0 Å². The zero-order valence-corrected chi connectivity index (χ0v) is 14.9. The number of likely N-dealkylation sites (N-methyl/N-ethyl adjacent to an activating group) is 1. The minimum absolute atomic E-state index is 0.355. The third kappa shape index (κ3) is 9.25. The van der Waals surface area contributed by atoms with E-state index in [9.17, 15) is 5.11 Å². The third-order valence-corrected chi connectivity index (χ3v) is 3.30. The molecule has 0 saturated carbocycles. The van der Waals surface area contributed by atoms with E-state index in [0.29, 0.717) is 13.1 Å². The number of nitrogens with one attached hydrogen (secondary N) is 2. The summed E-state index contributed by atoms with van der Waals surface area (Å²) in [7, 11) is 3.89. The SMILES string of the molecule is CCCCNC(=NCC(C)(O)CN(C)C)NCCc1ccco1. The lowest BCUT2D eigenvalue weighted by molar-refractivity contribution is 0.0423. The first-order valence-electron chi connectivity index (χ1n) is 8.34. The van der Waals surface area contributed by atoms with Gasteiger partial charge in [-0.1, -0.05) is 13.3 Å². The van der Waals surface area contributed by atoms with Gasteiger partial charge in [-0.25, -0.2) is 0 Å². The van der Waals surface area contributed by atoms with E-state index in [4.69, 9.17) is 4.42 Å². The van der Waals surface area contributed by atoms with E-state index < -0.39 is 5.60 Å². The van der Waals surface area contributed by atoms with Gasteiger partial charge in [0.05, 0.1) is 18.4 Å². The van der Waals surface area contributed by atoms with Crippen LogP contribution in [0.3, 0.4) is 0 Å². The van der Waals surface area contributed by atoms with Gasteiger partial charge in [-0.05, 0) is 39.6 Å². The Hall–Kier alpha value is -1.53. The minimum Gasteiger partial charge on any atom is -0.469 e. The molecule has 0 spiro atoms. The quantitative estimate of drug-likeness (QED) is 0.345. The van der Waals surface area contributed by atoms with Crippen molar-refractivity contribution < 1.29 is 9.52 Å². The molecule has 132 valence electrons. The van der Waals surface area contributed by atoms with Crippen LogP contribution in [0.15, 0.2) is 27.8 Å². The molecule has 6 nitrogen and oxygen atoms in total. The van der Waals surface area contributed by atoms with Gasteiger partial charge in [-0.3, -0.25) is 4.99 Å². The average molecular weight is 324 g/mol. The number of hydrogen-bond acceptors (Lipinski definition) is 4. The molecule has 0 aliphatic rings. The first-order valence-corrected chi connectivity index (χ1v) is 8.34. The summed E-state index contributed by atoms with van der Waals surface area (Å²) in [4.78, 5) is 6.49. The molecule has 0 aliphatic heterocycles. The molecule has 0 radical (unpaired) electrons. The number of guanidine groups is 1. The largest absolute Gasteiger partial charge is 0.469 e. The monoisotopic (exact) mass is 324 g/mol. The molecule has 1 heterocycles. The van der Waals surface area contributed by atoms with Crippen LogP contribution in [0.5, 0.6) is 0 Å². The predicted molar refractivity (Wildman–Crippen MR) is 94.8 cm³/mol. The van der Waals surface area contributed by atoms with Gasteiger partial charge in [0.25, 0.3) is 0 Å². The van der Waals surface area contributed by atoms with Crippen molar-refractivity contribution in [3.05, 3.63) is 24.2 Å². The van der Waals surface area contributed by atoms with Gasteiger partial charge in [-0.2, -0.15) is 0 Å². The molecule has 1 aromatic heterocycles. The summed E-state index contributed by atoms with van der Waals surface area (Å²) in [5, 5.41) is 17.0. The van der Waals surface area contributed by atoms with Crippen LogP contribution in [0.2, 0.25) is 0 Å². The topological polar surface area (TPSA) is 73.0 Å². The van der Waals surface area contributed by atoms with E-state index in [1.54, 1.807) is 6.26 Å². The average Bonchev–Trinajstić information content (AvgIpc) is 2.96. The van der Waals surface area contributed by atoms with Gasteiger partial charge < -0.3 is 25.1 Å². The third-order valence-electron chi connectivity index (χ3n) is 3.30. The highest BCUT2D eigenvalue weighted by Crippen LogP contribution is 2.05. The second-order valence-corrected chi connectivity index (χ2v) is 6.44. The fourth-order valence-electron chi connectivity index (χ4n) is 2.30. The van der Waals surface area contributed by atoms with E-state index in [1.165, 1.54) is 0 Å². The van der Waals surface area contributed by atoms with Gasteiger partial charge in [0.1, 0.15) is 5.76 Å². The molecule has 0 saturated heterocycles. The summed E-state index contributed by atoms with van der Waals surface area (Å²) >= 11 is 0. The van der Waals surface area contributed by atoms with Crippen molar-refractivity contribution in [2.45, 2.75) is 38.7 Å². The number of unbranched alkanes of at least 4 members (excludes halogenated alkanes) is 1. The summed E-state index contributed by atoms with van der Waals surface area (Å²) in [5.41, 5.74) is -0.843. The van der Waals surface area contributed by atoms with E-state index in [2.05, 4.69) is 22.5 Å². The molecule has 0 aromatic carbocycles. The second-order valence-electron chi connectivity index (χ2n) is 6.44. The number of furan rings is 1. The first-order chi connectivity index (χ1) is 10.9. The Morgan fingerprint density at radius 2 is 2.09 bits per heavy atom.